The van der Waals surface area contributed by atoms with Crippen molar-refractivity contribution in [3.05, 3.63) is 0 Å². The average Bonchev–Trinajstić information content (AvgIpc) is 1.98. The Morgan fingerprint density at radius 3 is 2.29 bits per heavy atom. The van der Waals surface area contributed by atoms with Crippen LogP contribution in [0.1, 0.15) is 20.8 Å². The van der Waals surface area contributed by atoms with Crippen LogP contribution in [0, 0.1) is 0 Å². The van der Waals surface area contributed by atoms with Crippen LogP contribution in [-0.2, 0) is 9.53 Å². The third kappa shape index (κ3) is 7.08. The van der Waals surface area contributed by atoms with E-state index in [0.717, 1.165) is 0 Å². The van der Waals surface area contributed by atoms with Crippen molar-refractivity contribution >= 4 is 37.6 Å². The lowest BCUT2D eigenvalue weighted by molar-refractivity contribution is -0.107. The number of nitrogens with one attached hydrogen (secondary N) is 1. The van der Waals surface area contributed by atoms with Crippen LogP contribution in [0.4, 0.5) is 4.79 Å². The molecule has 0 aromatic carbocycles. The largest absolute Gasteiger partial charge is 0.444 e. The van der Waals surface area contributed by atoms with E-state index in [1.54, 1.807) is 20.8 Å². The van der Waals surface area contributed by atoms with Crippen molar-refractivity contribution in [1.82, 2.24) is 5.32 Å². The number of carbonyl (C=O) groups is 2. The Morgan fingerprint density at radius 2 is 1.93 bits per heavy atom. The smallest absolute Gasteiger partial charge is 0.407 e. The summed E-state index contributed by atoms with van der Waals surface area (Å²) in [5.41, 5.74) is -0.554. The molecule has 0 aliphatic carbocycles. The molecule has 0 aromatic heterocycles. The summed E-state index contributed by atoms with van der Waals surface area (Å²) in [6, 6.07) is 0. The molecular weight excluding hydrogens is 222 g/mol. The average molecular weight is 237 g/mol. The Balaban J connectivity index is 3.93. The number of amides is 1. The first kappa shape index (κ1) is 13.6. The van der Waals surface area contributed by atoms with Crippen LogP contribution < -0.4 is 5.32 Å². The summed E-state index contributed by atoms with van der Waals surface area (Å²) in [5.74, 6) is 0. The number of aldehydes is 1. The Labute approximate surface area is 94.6 Å². The molecule has 0 spiro atoms. The Hall–Kier alpha value is -0.360. The van der Waals surface area contributed by atoms with Crippen molar-refractivity contribution in [3.8, 4) is 0 Å². The number of hydrogen-bond acceptors (Lipinski definition) is 5. The molecule has 0 aliphatic heterocycles. The van der Waals surface area contributed by atoms with Gasteiger partial charge in [-0.25, -0.2) is 4.79 Å². The van der Waals surface area contributed by atoms with Gasteiger partial charge in [0.05, 0.1) is 6.54 Å². The molecule has 0 radical (unpaired) electrons. The maximum atomic E-state index is 11.1. The van der Waals surface area contributed by atoms with Gasteiger partial charge in [0.25, 0.3) is 0 Å². The van der Waals surface area contributed by atoms with E-state index in [1.807, 2.05) is 0 Å². The van der Waals surface area contributed by atoms with E-state index in [2.05, 4.69) is 30.6 Å². The Bertz CT molecular complexity index is 223. The molecule has 4 nitrogen and oxygen atoms in total. The van der Waals surface area contributed by atoms with Crippen LogP contribution in [0.25, 0.3) is 0 Å². The van der Waals surface area contributed by atoms with Gasteiger partial charge < -0.3 is 14.8 Å². The van der Waals surface area contributed by atoms with E-state index in [1.165, 1.54) is 0 Å². The predicted molar refractivity (Wildman–Crippen MR) is 61.0 cm³/mol. The predicted octanol–water partition coefficient (Wildman–Crippen LogP) is 1.27. The van der Waals surface area contributed by atoms with Gasteiger partial charge in [-0.3, -0.25) is 0 Å². The first-order valence-corrected chi connectivity index (χ1v) is 4.94. The zero-order valence-corrected chi connectivity index (χ0v) is 10.2. The molecule has 0 fully saturated rings. The number of thiol groups is 2. The summed E-state index contributed by atoms with van der Waals surface area (Å²) in [6.45, 7) is 5.26. The number of alkyl carbamates (subject to hydrolysis) is 1. The van der Waals surface area contributed by atoms with Gasteiger partial charge in [-0.05, 0) is 20.8 Å². The third-order valence-electron chi connectivity index (χ3n) is 1.08. The summed E-state index contributed by atoms with van der Waals surface area (Å²) in [6.07, 6.45) is -0.0526. The lowest BCUT2D eigenvalue weighted by atomic mass is 10.2. The number of ether oxygens (including phenoxy) is 1. The SMILES string of the molecule is CC(C)(C)OC(=O)NCC(S)(S)C=O. The van der Waals surface area contributed by atoms with E-state index in [4.69, 9.17) is 4.74 Å². The molecule has 6 heteroatoms. The first-order valence-electron chi connectivity index (χ1n) is 4.04. The van der Waals surface area contributed by atoms with E-state index in [-0.39, 0.29) is 6.54 Å². The van der Waals surface area contributed by atoms with Gasteiger partial charge in [-0.2, -0.15) is 25.3 Å². The van der Waals surface area contributed by atoms with Crippen molar-refractivity contribution in [1.29, 1.82) is 0 Å². The van der Waals surface area contributed by atoms with Crippen molar-refractivity contribution in [2.75, 3.05) is 6.54 Å². The van der Waals surface area contributed by atoms with Crippen LogP contribution in [-0.4, -0.2) is 28.6 Å². The molecule has 1 N–H and O–H groups in total. The second-order valence-electron chi connectivity index (χ2n) is 3.85. The molecule has 0 aliphatic rings. The molecule has 1 amide bonds. The summed E-state index contributed by atoms with van der Waals surface area (Å²) < 4.78 is 3.79. The zero-order valence-electron chi connectivity index (χ0n) is 8.40. The van der Waals surface area contributed by atoms with Crippen molar-refractivity contribution in [2.24, 2.45) is 0 Å². The van der Waals surface area contributed by atoms with E-state index in [0.29, 0.717) is 6.29 Å². The van der Waals surface area contributed by atoms with Gasteiger partial charge >= 0.3 is 6.09 Å². The molecule has 0 saturated carbocycles. The monoisotopic (exact) mass is 237 g/mol. The van der Waals surface area contributed by atoms with Crippen LogP contribution in [0.5, 0.6) is 0 Å². The number of carbonyl (C=O) groups excluding carboxylic acids is 2. The van der Waals surface area contributed by atoms with Gasteiger partial charge in [0.15, 0.2) is 0 Å². The van der Waals surface area contributed by atoms with E-state index >= 15 is 0 Å². The quantitative estimate of drug-likeness (QED) is 0.393. The van der Waals surface area contributed by atoms with Gasteiger partial charge in [-0.15, -0.1) is 0 Å². The summed E-state index contributed by atoms with van der Waals surface area (Å²) in [5, 5.41) is 2.39. The first-order chi connectivity index (χ1) is 6.16. The van der Waals surface area contributed by atoms with E-state index in [9.17, 15) is 9.59 Å². The van der Waals surface area contributed by atoms with Crippen LogP contribution >= 0.6 is 25.3 Å². The Kier molecular flexibility index (Phi) is 4.80. The molecule has 0 atom stereocenters. The van der Waals surface area contributed by atoms with Crippen molar-refractivity contribution in [2.45, 2.75) is 30.5 Å². The van der Waals surface area contributed by atoms with Gasteiger partial charge in [0.2, 0.25) is 0 Å². The zero-order chi connectivity index (χ0) is 11.4. The fourth-order valence-electron chi connectivity index (χ4n) is 0.558. The maximum Gasteiger partial charge on any atom is 0.407 e. The third-order valence-corrected chi connectivity index (χ3v) is 1.61. The second kappa shape index (κ2) is 4.93. The van der Waals surface area contributed by atoms with Crippen molar-refractivity contribution < 1.29 is 14.3 Å². The van der Waals surface area contributed by atoms with Crippen LogP contribution in [0.15, 0.2) is 0 Å². The fourth-order valence-corrected chi connectivity index (χ4v) is 0.716. The van der Waals surface area contributed by atoms with Crippen molar-refractivity contribution in [3.63, 3.8) is 0 Å². The second-order valence-corrected chi connectivity index (χ2v) is 5.80. The molecule has 14 heavy (non-hydrogen) atoms. The minimum absolute atomic E-state index is 0.0115. The highest BCUT2D eigenvalue weighted by Gasteiger charge is 2.22. The minimum Gasteiger partial charge on any atom is -0.444 e. The highest BCUT2D eigenvalue weighted by molar-refractivity contribution is 8.01. The standard InChI is InChI=1S/C8H15NO3S2/c1-7(2,3)12-6(11)9-4-8(13,14)5-10/h5,13-14H,4H2,1-3H3,(H,9,11). The van der Waals surface area contributed by atoms with Crippen LogP contribution in [0.3, 0.4) is 0 Å². The molecule has 82 valence electrons. The molecule has 0 aromatic rings. The summed E-state index contributed by atoms with van der Waals surface area (Å²) >= 11 is 7.80. The molecule has 0 unspecified atom stereocenters. The molecule has 0 saturated heterocycles. The summed E-state index contributed by atoms with van der Waals surface area (Å²) in [4.78, 5) is 21.5. The highest BCUT2D eigenvalue weighted by Crippen LogP contribution is 2.14. The van der Waals surface area contributed by atoms with E-state index < -0.39 is 15.8 Å². The topological polar surface area (TPSA) is 55.4 Å². The number of rotatable bonds is 3. The maximum absolute atomic E-state index is 11.1. The van der Waals surface area contributed by atoms with Gasteiger partial charge in [-0.1, -0.05) is 0 Å². The molecule has 0 heterocycles. The molecule has 0 bridgehead atoms. The van der Waals surface area contributed by atoms with Gasteiger partial charge in [0, 0.05) is 0 Å². The summed E-state index contributed by atoms with van der Waals surface area (Å²) in [7, 11) is 0. The molecule has 0 rings (SSSR count). The Morgan fingerprint density at radius 1 is 1.43 bits per heavy atom. The lowest BCUT2D eigenvalue weighted by Gasteiger charge is -2.21. The van der Waals surface area contributed by atoms with Crippen LogP contribution in [0.2, 0.25) is 0 Å². The fraction of sp³-hybridized carbons (Fsp3) is 0.750. The highest BCUT2D eigenvalue weighted by atomic mass is 32.2. The van der Waals surface area contributed by atoms with Gasteiger partial charge in [0.1, 0.15) is 16.0 Å². The normalized spacial score (nSPS) is 12.1. The molecular formula is C8H15NO3S2. The number of hydrogen-bond donors (Lipinski definition) is 3. The minimum atomic E-state index is -1.16. The lowest BCUT2D eigenvalue weighted by Crippen LogP contribution is -2.39.